The van der Waals surface area contributed by atoms with E-state index in [2.05, 4.69) is 11.3 Å². The number of fused-ring (bicyclic) bond motifs is 2. The summed E-state index contributed by atoms with van der Waals surface area (Å²) in [7, 11) is -3.16. The maximum absolute atomic E-state index is 11.5. The molecule has 0 radical (unpaired) electrons. The van der Waals surface area contributed by atoms with Crippen LogP contribution >= 0.6 is 0 Å². The smallest absolute Gasteiger partial charge is 0.333 e. The van der Waals surface area contributed by atoms with E-state index in [0.717, 1.165) is 19.3 Å². The SMILES string of the molecule is C=C(C)C(=O)OC1CC2CC1CC2NS(C)(=O)=O. The van der Waals surface area contributed by atoms with Gasteiger partial charge in [0.05, 0.1) is 6.26 Å². The minimum absolute atomic E-state index is 0.00443. The highest BCUT2D eigenvalue weighted by Crippen LogP contribution is 2.46. The fraction of sp³-hybridized carbons (Fsp3) is 0.750. The molecule has 2 aliphatic carbocycles. The molecule has 18 heavy (non-hydrogen) atoms. The maximum Gasteiger partial charge on any atom is 0.333 e. The molecule has 2 bridgehead atoms. The lowest BCUT2D eigenvalue weighted by Gasteiger charge is -2.27. The van der Waals surface area contributed by atoms with E-state index in [9.17, 15) is 13.2 Å². The highest BCUT2D eigenvalue weighted by molar-refractivity contribution is 7.88. The van der Waals surface area contributed by atoms with Gasteiger partial charge < -0.3 is 4.74 Å². The van der Waals surface area contributed by atoms with Crippen molar-refractivity contribution in [3.8, 4) is 0 Å². The van der Waals surface area contributed by atoms with Gasteiger partial charge in [0.2, 0.25) is 10.0 Å². The van der Waals surface area contributed by atoms with Gasteiger partial charge in [0.25, 0.3) is 0 Å². The second kappa shape index (κ2) is 4.66. The molecule has 0 aliphatic heterocycles. The van der Waals surface area contributed by atoms with Crippen LogP contribution in [-0.4, -0.2) is 32.8 Å². The van der Waals surface area contributed by atoms with Gasteiger partial charge in [-0.15, -0.1) is 0 Å². The lowest BCUT2D eigenvalue weighted by atomic mass is 9.94. The lowest BCUT2D eigenvalue weighted by molar-refractivity contribution is -0.146. The molecular weight excluding hydrogens is 254 g/mol. The quantitative estimate of drug-likeness (QED) is 0.608. The fourth-order valence-electron chi connectivity index (χ4n) is 3.02. The molecule has 4 unspecified atom stereocenters. The topological polar surface area (TPSA) is 72.5 Å². The van der Waals surface area contributed by atoms with E-state index in [4.69, 9.17) is 4.74 Å². The lowest BCUT2D eigenvalue weighted by Crippen LogP contribution is -2.41. The van der Waals surface area contributed by atoms with Crippen molar-refractivity contribution >= 4 is 16.0 Å². The third-order valence-corrected chi connectivity index (χ3v) is 4.50. The van der Waals surface area contributed by atoms with E-state index in [1.54, 1.807) is 6.92 Å². The van der Waals surface area contributed by atoms with Gasteiger partial charge in [-0.2, -0.15) is 0 Å². The van der Waals surface area contributed by atoms with Gasteiger partial charge in [-0.25, -0.2) is 17.9 Å². The minimum atomic E-state index is -3.16. The molecule has 0 aromatic heterocycles. The largest absolute Gasteiger partial charge is 0.459 e. The molecule has 0 spiro atoms. The Morgan fingerprint density at radius 2 is 1.94 bits per heavy atom. The predicted octanol–water partition coefficient (Wildman–Crippen LogP) is 0.822. The Labute approximate surface area is 108 Å². The molecule has 4 atom stereocenters. The Bertz CT molecular complexity index is 470. The molecule has 2 aliphatic rings. The van der Waals surface area contributed by atoms with Crippen molar-refractivity contribution in [1.82, 2.24) is 4.72 Å². The van der Waals surface area contributed by atoms with Gasteiger partial charge in [0, 0.05) is 11.6 Å². The van der Waals surface area contributed by atoms with Crippen molar-refractivity contribution in [2.75, 3.05) is 6.26 Å². The van der Waals surface area contributed by atoms with Crippen molar-refractivity contribution in [3.05, 3.63) is 12.2 Å². The number of hydrogen-bond donors (Lipinski definition) is 1. The summed E-state index contributed by atoms with van der Waals surface area (Å²) >= 11 is 0. The Morgan fingerprint density at radius 3 is 2.39 bits per heavy atom. The van der Waals surface area contributed by atoms with Crippen LogP contribution in [0.2, 0.25) is 0 Å². The number of carbonyl (C=O) groups is 1. The minimum Gasteiger partial charge on any atom is -0.459 e. The normalized spacial score (nSPS) is 34.6. The summed E-state index contributed by atoms with van der Waals surface area (Å²) in [5, 5.41) is 0. The van der Waals surface area contributed by atoms with Crippen molar-refractivity contribution in [2.24, 2.45) is 11.8 Å². The third kappa shape index (κ3) is 2.92. The van der Waals surface area contributed by atoms with E-state index < -0.39 is 10.0 Å². The summed E-state index contributed by atoms with van der Waals surface area (Å²) < 4.78 is 30.4. The number of sulfonamides is 1. The number of hydrogen-bond acceptors (Lipinski definition) is 4. The highest BCUT2D eigenvalue weighted by Gasteiger charge is 2.48. The molecule has 0 heterocycles. The van der Waals surface area contributed by atoms with Gasteiger partial charge in [-0.05, 0) is 38.0 Å². The molecule has 1 N–H and O–H groups in total. The summed E-state index contributed by atoms with van der Waals surface area (Å²) in [4.78, 5) is 11.5. The van der Waals surface area contributed by atoms with Gasteiger partial charge in [-0.1, -0.05) is 6.58 Å². The predicted molar refractivity (Wildman–Crippen MR) is 67.3 cm³/mol. The van der Waals surface area contributed by atoms with Gasteiger partial charge in [0.1, 0.15) is 6.10 Å². The highest BCUT2D eigenvalue weighted by atomic mass is 32.2. The summed E-state index contributed by atoms with van der Waals surface area (Å²) in [5.41, 5.74) is 0.406. The van der Waals surface area contributed by atoms with E-state index in [-0.39, 0.29) is 30.0 Å². The van der Waals surface area contributed by atoms with Crippen molar-refractivity contribution in [2.45, 2.75) is 38.3 Å². The van der Waals surface area contributed by atoms with Crippen LogP contribution in [0.3, 0.4) is 0 Å². The van der Waals surface area contributed by atoms with Crippen LogP contribution < -0.4 is 4.72 Å². The Morgan fingerprint density at radius 1 is 1.28 bits per heavy atom. The molecule has 2 fully saturated rings. The summed E-state index contributed by atoms with van der Waals surface area (Å²) in [6.45, 7) is 5.18. The van der Waals surface area contributed by atoms with Crippen molar-refractivity contribution in [1.29, 1.82) is 0 Å². The summed E-state index contributed by atoms with van der Waals surface area (Å²) in [5.74, 6) is 0.213. The zero-order valence-electron chi connectivity index (χ0n) is 10.7. The molecule has 6 heteroatoms. The van der Waals surface area contributed by atoms with Crippen LogP contribution in [0, 0.1) is 11.8 Å². The van der Waals surface area contributed by atoms with Crippen LogP contribution in [0.1, 0.15) is 26.2 Å². The molecular formula is C12H19NO4S. The van der Waals surface area contributed by atoms with E-state index in [0.29, 0.717) is 5.57 Å². The first-order valence-corrected chi connectivity index (χ1v) is 7.99. The first kappa shape index (κ1) is 13.5. The zero-order valence-corrected chi connectivity index (χ0v) is 11.5. The Hall–Kier alpha value is -0.880. The summed E-state index contributed by atoms with van der Waals surface area (Å²) in [6, 6.07) is 0.00443. The average molecular weight is 273 g/mol. The van der Waals surface area contributed by atoms with Gasteiger partial charge >= 0.3 is 5.97 Å². The van der Waals surface area contributed by atoms with Crippen LogP contribution in [0.4, 0.5) is 0 Å². The molecule has 102 valence electrons. The molecule has 0 saturated heterocycles. The van der Waals surface area contributed by atoms with Gasteiger partial charge in [0.15, 0.2) is 0 Å². The summed E-state index contributed by atoms with van der Waals surface area (Å²) in [6.07, 6.45) is 3.54. The zero-order chi connectivity index (χ0) is 13.5. The fourth-order valence-corrected chi connectivity index (χ4v) is 3.86. The Balaban J connectivity index is 1.91. The molecule has 2 rings (SSSR count). The van der Waals surface area contributed by atoms with Crippen LogP contribution in [0.5, 0.6) is 0 Å². The van der Waals surface area contributed by atoms with Gasteiger partial charge in [-0.3, -0.25) is 0 Å². The Kier molecular flexibility index (Phi) is 3.51. The first-order chi connectivity index (χ1) is 8.26. The van der Waals surface area contributed by atoms with Crippen LogP contribution in [0.25, 0.3) is 0 Å². The monoisotopic (exact) mass is 273 g/mol. The number of esters is 1. The van der Waals surface area contributed by atoms with E-state index >= 15 is 0 Å². The molecule has 2 saturated carbocycles. The van der Waals surface area contributed by atoms with Crippen LogP contribution in [0.15, 0.2) is 12.2 Å². The second-order valence-electron chi connectivity index (χ2n) is 5.45. The van der Waals surface area contributed by atoms with E-state index in [1.165, 1.54) is 6.26 Å². The number of carbonyl (C=O) groups excluding carboxylic acids is 1. The number of rotatable bonds is 4. The van der Waals surface area contributed by atoms with Crippen molar-refractivity contribution < 1.29 is 17.9 Å². The molecule has 0 aromatic rings. The third-order valence-electron chi connectivity index (χ3n) is 3.76. The maximum atomic E-state index is 11.5. The first-order valence-electron chi connectivity index (χ1n) is 6.10. The second-order valence-corrected chi connectivity index (χ2v) is 7.23. The van der Waals surface area contributed by atoms with Crippen molar-refractivity contribution in [3.63, 3.8) is 0 Å². The van der Waals surface area contributed by atoms with E-state index in [1.807, 2.05) is 0 Å². The molecule has 5 nitrogen and oxygen atoms in total. The van der Waals surface area contributed by atoms with Crippen LogP contribution in [-0.2, 0) is 19.6 Å². The standard InChI is InChI=1S/C12H19NO4S/c1-7(2)12(14)17-11-6-8-4-9(11)5-10(8)13-18(3,15)16/h8-11,13H,1,4-6H2,2-3H3. The number of ether oxygens (including phenoxy) is 1. The average Bonchev–Trinajstić information content (AvgIpc) is 2.74. The molecule has 0 aromatic carbocycles. The number of nitrogens with one attached hydrogen (secondary N) is 1. The molecule has 0 amide bonds.